The van der Waals surface area contributed by atoms with Crippen molar-refractivity contribution in [1.82, 2.24) is 4.72 Å². The molecule has 0 amide bonds. The maximum Gasteiger partial charge on any atom is 0.233 e. The highest BCUT2D eigenvalue weighted by atomic mass is 32.2. The minimum atomic E-state index is -3.53. The fraction of sp³-hybridized carbons (Fsp3) is 0.500. The van der Waals surface area contributed by atoms with E-state index >= 15 is 0 Å². The molecule has 5 heteroatoms. The van der Waals surface area contributed by atoms with Gasteiger partial charge in [-0.15, -0.1) is 0 Å². The summed E-state index contributed by atoms with van der Waals surface area (Å²) < 4.78 is 26.4. The largest absolute Gasteiger partial charge is 0.389 e. The normalized spacial score (nSPS) is 27.0. The smallest absolute Gasteiger partial charge is 0.233 e. The van der Waals surface area contributed by atoms with E-state index in [2.05, 4.69) is 11.6 Å². The van der Waals surface area contributed by atoms with Crippen molar-refractivity contribution in [3.05, 3.63) is 41.3 Å². The predicted molar refractivity (Wildman–Crippen MR) is 85.0 cm³/mol. The Hall–Kier alpha value is -1.17. The van der Waals surface area contributed by atoms with Crippen LogP contribution in [0.15, 0.2) is 35.7 Å². The third kappa shape index (κ3) is 5.26. The molecule has 0 heterocycles. The Balaban J connectivity index is 1.94. The molecule has 0 spiro atoms. The summed E-state index contributed by atoms with van der Waals surface area (Å²) in [7, 11) is -3.53. The van der Waals surface area contributed by atoms with Crippen LogP contribution >= 0.6 is 0 Å². The molecule has 0 saturated heterocycles. The second-order valence-corrected chi connectivity index (χ2v) is 7.66. The Bertz CT molecular complexity index is 583. The van der Waals surface area contributed by atoms with E-state index in [0.717, 1.165) is 23.8 Å². The van der Waals surface area contributed by atoms with Crippen molar-refractivity contribution in [1.29, 1.82) is 0 Å². The van der Waals surface area contributed by atoms with Crippen LogP contribution in [-0.2, 0) is 10.0 Å². The van der Waals surface area contributed by atoms with Gasteiger partial charge in [-0.2, -0.15) is 0 Å². The van der Waals surface area contributed by atoms with Gasteiger partial charge in [0, 0.05) is 12.0 Å². The zero-order valence-electron chi connectivity index (χ0n) is 12.3. The van der Waals surface area contributed by atoms with E-state index in [1.54, 1.807) is 6.08 Å². The topological polar surface area (TPSA) is 66.4 Å². The summed E-state index contributed by atoms with van der Waals surface area (Å²) in [6, 6.07) is 9.26. The Morgan fingerprint density at radius 3 is 2.76 bits per heavy atom. The molecular formula is C16H23NO3S. The molecule has 1 aromatic rings. The van der Waals surface area contributed by atoms with Crippen LogP contribution in [0, 0.1) is 5.92 Å². The summed E-state index contributed by atoms with van der Waals surface area (Å²) in [5.41, 5.74) is -0.0846. The molecule has 0 radical (unpaired) electrons. The van der Waals surface area contributed by atoms with Gasteiger partial charge < -0.3 is 5.11 Å². The molecule has 1 aromatic carbocycles. The van der Waals surface area contributed by atoms with Crippen molar-refractivity contribution in [2.24, 2.45) is 5.92 Å². The maximum atomic E-state index is 12.0. The van der Waals surface area contributed by atoms with Gasteiger partial charge in [0.05, 0.1) is 5.60 Å². The molecule has 0 aromatic heterocycles. The van der Waals surface area contributed by atoms with Crippen LogP contribution in [0.25, 0.3) is 6.08 Å². The van der Waals surface area contributed by atoms with Crippen molar-refractivity contribution >= 4 is 16.1 Å². The number of benzene rings is 1. The summed E-state index contributed by atoms with van der Waals surface area (Å²) >= 11 is 0. The number of aliphatic hydroxyl groups is 1. The summed E-state index contributed by atoms with van der Waals surface area (Å²) in [6.07, 6.45) is 4.90. The van der Waals surface area contributed by atoms with Crippen LogP contribution < -0.4 is 4.72 Å². The van der Waals surface area contributed by atoms with Gasteiger partial charge in [-0.1, -0.05) is 50.1 Å². The first-order chi connectivity index (χ1) is 9.89. The Labute approximate surface area is 126 Å². The van der Waals surface area contributed by atoms with Crippen LogP contribution in [0.2, 0.25) is 0 Å². The van der Waals surface area contributed by atoms with Crippen LogP contribution in [-0.4, -0.2) is 25.7 Å². The number of nitrogens with one attached hydrogen (secondary N) is 1. The van der Waals surface area contributed by atoms with Crippen LogP contribution in [0.1, 0.15) is 38.2 Å². The standard InChI is InChI=1S/C16H23NO3S/c1-14-6-5-10-16(18,12-14)13-17-21(19,20)11-9-15-7-3-2-4-8-15/h2-4,7-9,11,14,17-18H,5-6,10,12-13H2,1H3. The second-order valence-electron chi connectivity index (χ2n) is 6.01. The summed E-state index contributed by atoms with van der Waals surface area (Å²) in [5, 5.41) is 11.6. The molecule has 2 rings (SSSR count). The number of hydrogen-bond donors (Lipinski definition) is 2. The zero-order chi connectivity index (χ0) is 15.3. The lowest BCUT2D eigenvalue weighted by atomic mass is 9.79. The van der Waals surface area contributed by atoms with Gasteiger partial charge >= 0.3 is 0 Å². The number of hydrogen-bond acceptors (Lipinski definition) is 3. The fourth-order valence-corrected chi connectivity index (χ4v) is 3.71. The summed E-state index contributed by atoms with van der Waals surface area (Å²) in [5.74, 6) is 0.438. The molecule has 1 aliphatic rings. The first kappa shape index (κ1) is 16.2. The van der Waals surface area contributed by atoms with Gasteiger partial charge in [-0.05, 0) is 30.4 Å². The van der Waals surface area contributed by atoms with E-state index in [-0.39, 0.29) is 6.54 Å². The molecule has 2 atom stereocenters. The highest BCUT2D eigenvalue weighted by molar-refractivity contribution is 7.92. The first-order valence-electron chi connectivity index (χ1n) is 7.34. The number of sulfonamides is 1. The lowest BCUT2D eigenvalue weighted by Gasteiger charge is -2.35. The Morgan fingerprint density at radius 2 is 2.10 bits per heavy atom. The Morgan fingerprint density at radius 1 is 1.38 bits per heavy atom. The molecule has 0 aliphatic heterocycles. The van der Waals surface area contributed by atoms with Crippen molar-refractivity contribution in [2.75, 3.05) is 6.54 Å². The molecular weight excluding hydrogens is 286 g/mol. The molecule has 1 saturated carbocycles. The molecule has 2 N–H and O–H groups in total. The van der Waals surface area contributed by atoms with Crippen molar-refractivity contribution < 1.29 is 13.5 Å². The molecule has 0 bridgehead atoms. The minimum absolute atomic E-state index is 0.0821. The SMILES string of the molecule is CC1CCCC(O)(CNS(=O)(=O)C=Cc2ccccc2)C1. The monoisotopic (exact) mass is 309 g/mol. The molecule has 2 unspecified atom stereocenters. The highest BCUT2D eigenvalue weighted by Crippen LogP contribution is 2.31. The van der Waals surface area contributed by atoms with Gasteiger partial charge in [0.15, 0.2) is 0 Å². The van der Waals surface area contributed by atoms with E-state index in [9.17, 15) is 13.5 Å². The van der Waals surface area contributed by atoms with E-state index in [0.29, 0.717) is 18.8 Å². The van der Waals surface area contributed by atoms with Crippen LogP contribution in [0.5, 0.6) is 0 Å². The average molecular weight is 309 g/mol. The van der Waals surface area contributed by atoms with Crippen molar-refractivity contribution in [3.63, 3.8) is 0 Å². The zero-order valence-corrected chi connectivity index (χ0v) is 13.1. The average Bonchev–Trinajstić information content (AvgIpc) is 2.45. The lowest BCUT2D eigenvalue weighted by Crippen LogP contribution is -2.45. The van der Waals surface area contributed by atoms with E-state index in [1.807, 2.05) is 30.3 Å². The van der Waals surface area contributed by atoms with Gasteiger partial charge in [-0.3, -0.25) is 0 Å². The lowest BCUT2D eigenvalue weighted by molar-refractivity contribution is -0.00745. The van der Waals surface area contributed by atoms with Crippen LogP contribution in [0.3, 0.4) is 0 Å². The van der Waals surface area contributed by atoms with Gasteiger partial charge in [0.2, 0.25) is 10.0 Å². The molecule has 116 valence electrons. The summed E-state index contributed by atoms with van der Waals surface area (Å²) in [6.45, 7) is 2.17. The van der Waals surface area contributed by atoms with Crippen molar-refractivity contribution in [3.8, 4) is 0 Å². The third-order valence-corrected chi connectivity index (χ3v) is 4.95. The Kier molecular flexibility index (Phi) is 5.19. The predicted octanol–water partition coefficient (Wildman–Crippen LogP) is 2.52. The van der Waals surface area contributed by atoms with Gasteiger partial charge in [-0.25, -0.2) is 13.1 Å². The summed E-state index contributed by atoms with van der Waals surface area (Å²) in [4.78, 5) is 0. The second kappa shape index (κ2) is 6.73. The molecule has 1 aliphatic carbocycles. The maximum absolute atomic E-state index is 12.0. The molecule has 21 heavy (non-hydrogen) atoms. The number of rotatable bonds is 5. The van der Waals surface area contributed by atoms with Gasteiger partial charge in [0.25, 0.3) is 0 Å². The minimum Gasteiger partial charge on any atom is -0.389 e. The molecule has 1 fully saturated rings. The van der Waals surface area contributed by atoms with Gasteiger partial charge in [0.1, 0.15) is 0 Å². The molecule has 4 nitrogen and oxygen atoms in total. The van der Waals surface area contributed by atoms with E-state index in [1.165, 1.54) is 0 Å². The first-order valence-corrected chi connectivity index (χ1v) is 8.88. The van der Waals surface area contributed by atoms with Crippen LogP contribution in [0.4, 0.5) is 0 Å². The highest BCUT2D eigenvalue weighted by Gasteiger charge is 2.33. The third-order valence-electron chi connectivity index (χ3n) is 3.91. The van der Waals surface area contributed by atoms with E-state index < -0.39 is 15.6 Å². The quantitative estimate of drug-likeness (QED) is 0.878. The fourth-order valence-electron chi connectivity index (χ4n) is 2.81. The van der Waals surface area contributed by atoms with Crippen molar-refractivity contribution in [2.45, 2.75) is 38.2 Å². The van der Waals surface area contributed by atoms with E-state index in [4.69, 9.17) is 0 Å².